The van der Waals surface area contributed by atoms with E-state index in [0.29, 0.717) is 54.1 Å². The van der Waals surface area contributed by atoms with Crippen LogP contribution in [0.15, 0.2) is 58.1 Å². The van der Waals surface area contributed by atoms with Crippen LogP contribution in [0.4, 0.5) is 5.69 Å². The lowest BCUT2D eigenvalue weighted by molar-refractivity contribution is -0.121. The molecule has 2 aromatic carbocycles. The summed E-state index contributed by atoms with van der Waals surface area (Å²) in [6, 6.07) is 13.7. The third-order valence-corrected chi connectivity index (χ3v) is 5.87. The molecule has 0 saturated carbocycles. The quantitative estimate of drug-likeness (QED) is 0.376. The Morgan fingerprint density at radius 3 is 2.50 bits per heavy atom. The van der Waals surface area contributed by atoms with Crippen molar-refractivity contribution in [3.63, 3.8) is 0 Å². The predicted molar refractivity (Wildman–Crippen MR) is 140 cm³/mol. The number of amides is 2. The molecule has 36 heavy (non-hydrogen) atoms. The van der Waals surface area contributed by atoms with Gasteiger partial charge in [0.2, 0.25) is 11.8 Å². The van der Waals surface area contributed by atoms with Gasteiger partial charge in [-0.25, -0.2) is 4.79 Å². The van der Waals surface area contributed by atoms with Crippen LogP contribution in [0, 0.1) is 5.92 Å². The maximum atomic E-state index is 13.3. The second-order valence-electron chi connectivity index (χ2n) is 9.11. The van der Waals surface area contributed by atoms with E-state index >= 15 is 0 Å². The highest BCUT2D eigenvalue weighted by molar-refractivity contribution is 5.91. The van der Waals surface area contributed by atoms with Gasteiger partial charge in [0.05, 0.1) is 18.0 Å². The Bertz CT molecular complexity index is 1330. The predicted octanol–water partition coefficient (Wildman–Crippen LogP) is 3.14. The second-order valence-corrected chi connectivity index (χ2v) is 9.11. The highest BCUT2D eigenvalue weighted by Gasteiger charge is 2.15. The first kappa shape index (κ1) is 26.7. The van der Waals surface area contributed by atoms with E-state index in [9.17, 15) is 19.2 Å². The summed E-state index contributed by atoms with van der Waals surface area (Å²) in [5.41, 5.74) is -0.0203. The molecule has 0 saturated heterocycles. The first-order valence-corrected chi connectivity index (χ1v) is 12.2. The SMILES string of the molecule is COc1cccc(NC(=O)Cn2c(=O)n(CCCCC(=O)NCCC(C)C)c(=O)c3ccccc32)c1. The fourth-order valence-electron chi connectivity index (χ4n) is 3.91. The minimum atomic E-state index is -0.555. The van der Waals surface area contributed by atoms with E-state index in [1.807, 2.05) is 0 Å². The molecule has 0 bridgehead atoms. The number of benzene rings is 2. The zero-order valence-electron chi connectivity index (χ0n) is 21.1. The van der Waals surface area contributed by atoms with Gasteiger partial charge in [0, 0.05) is 31.3 Å². The van der Waals surface area contributed by atoms with Gasteiger partial charge in [-0.05, 0) is 49.4 Å². The molecule has 1 heterocycles. The summed E-state index contributed by atoms with van der Waals surface area (Å²) in [6.07, 6.45) is 2.28. The van der Waals surface area contributed by atoms with Crippen LogP contribution >= 0.6 is 0 Å². The van der Waals surface area contributed by atoms with E-state index in [2.05, 4.69) is 24.5 Å². The normalized spacial score (nSPS) is 11.0. The lowest BCUT2D eigenvalue weighted by Gasteiger charge is -2.14. The van der Waals surface area contributed by atoms with Crippen molar-refractivity contribution in [1.82, 2.24) is 14.5 Å². The molecule has 0 atom stereocenters. The summed E-state index contributed by atoms with van der Waals surface area (Å²) < 4.78 is 7.64. The standard InChI is InChI=1S/C27H34N4O5/c1-19(2)14-15-28-24(32)13-6-7-16-30-26(34)22-11-4-5-12-23(22)31(27(30)35)18-25(33)29-20-9-8-10-21(17-20)36-3/h4-5,8-12,17,19H,6-7,13-16,18H2,1-3H3,(H,28,32)(H,29,33). The van der Waals surface area contributed by atoms with E-state index in [1.54, 1.807) is 48.5 Å². The summed E-state index contributed by atoms with van der Waals surface area (Å²) in [7, 11) is 1.54. The van der Waals surface area contributed by atoms with E-state index in [0.717, 1.165) is 11.0 Å². The van der Waals surface area contributed by atoms with Gasteiger partial charge in [0.25, 0.3) is 5.56 Å². The first-order valence-electron chi connectivity index (χ1n) is 12.2. The van der Waals surface area contributed by atoms with Gasteiger partial charge >= 0.3 is 5.69 Å². The number of anilines is 1. The van der Waals surface area contributed by atoms with Gasteiger partial charge in [-0.1, -0.05) is 32.0 Å². The summed E-state index contributed by atoms with van der Waals surface area (Å²) in [4.78, 5) is 51.1. The molecule has 192 valence electrons. The average molecular weight is 495 g/mol. The third-order valence-electron chi connectivity index (χ3n) is 5.87. The van der Waals surface area contributed by atoms with Crippen molar-refractivity contribution in [2.75, 3.05) is 19.0 Å². The molecule has 0 unspecified atom stereocenters. The fourth-order valence-corrected chi connectivity index (χ4v) is 3.91. The van der Waals surface area contributed by atoms with Gasteiger partial charge in [0.15, 0.2) is 0 Å². The molecule has 3 rings (SSSR count). The number of carbonyl (C=O) groups is 2. The molecule has 3 aromatic rings. The summed E-state index contributed by atoms with van der Waals surface area (Å²) in [5, 5.41) is 6.02. The Morgan fingerprint density at radius 2 is 1.75 bits per heavy atom. The van der Waals surface area contributed by atoms with Crippen molar-refractivity contribution in [2.24, 2.45) is 5.92 Å². The summed E-state index contributed by atoms with van der Waals surface area (Å²) in [6.45, 7) is 4.75. The maximum absolute atomic E-state index is 13.3. The monoisotopic (exact) mass is 494 g/mol. The molecule has 0 spiro atoms. The third kappa shape index (κ3) is 7.07. The topological polar surface area (TPSA) is 111 Å². The number of hydrogen-bond acceptors (Lipinski definition) is 5. The molecule has 0 fully saturated rings. The Labute approximate surface area is 210 Å². The molecule has 9 heteroatoms. The molecule has 2 N–H and O–H groups in total. The van der Waals surface area contributed by atoms with E-state index in [4.69, 9.17) is 4.74 Å². The summed E-state index contributed by atoms with van der Waals surface area (Å²) in [5.74, 6) is 0.675. The first-order chi connectivity index (χ1) is 17.3. The van der Waals surface area contributed by atoms with E-state index in [-0.39, 0.29) is 19.0 Å². The minimum absolute atomic E-state index is 0.0341. The molecule has 0 radical (unpaired) electrons. The fraction of sp³-hybridized carbons (Fsp3) is 0.407. The zero-order chi connectivity index (χ0) is 26.1. The van der Waals surface area contributed by atoms with Crippen LogP contribution in [0.2, 0.25) is 0 Å². The van der Waals surface area contributed by atoms with Gasteiger partial charge in [-0.15, -0.1) is 0 Å². The molecular weight excluding hydrogens is 460 g/mol. The van der Waals surface area contributed by atoms with Crippen LogP contribution in [0.25, 0.3) is 10.9 Å². The molecule has 0 aliphatic carbocycles. The summed E-state index contributed by atoms with van der Waals surface area (Å²) >= 11 is 0. The number of aromatic nitrogens is 2. The number of nitrogens with one attached hydrogen (secondary N) is 2. The molecule has 2 amide bonds. The van der Waals surface area contributed by atoms with Crippen molar-refractivity contribution >= 4 is 28.4 Å². The highest BCUT2D eigenvalue weighted by atomic mass is 16.5. The Hall–Kier alpha value is -3.88. The lowest BCUT2D eigenvalue weighted by Crippen LogP contribution is -2.41. The number of hydrogen-bond donors (Lipinski definition) is 2. The largest absolute Gasteiger partial charge is 0.497 e. The average Bonchev–Trinajstić information content (AvgIpc) is 2.86. The van der Waals surface area contributed by atoms with Crippen molar-refractivity contribution in [1.29, 1.82) is 0 Å². The van der Waals surface area contributed by atoms with Crippen molar-refractivity contribution < 1.29 is 14.3 Å². The van der Waals surface area contributed by atoms with Crippen LogP contribution in [0.5, 0.6) is 5.75 Å². The number of methoxy groups -OCH3 is 1. The molecule has 0 aliphatic rings. The number of ether oxygens (including phenoxy) is 1. The lowest BCUT2D eigenvalue weighted by atomic mass is 10.1. The van der Waals surface area contributed by atoms with Crippen molar-refractivity contribution in [2.45, 2.75) is 52.6 Å². The van der Waals surface area contributed by atoms with Gasteiger partial charge in [-0.3, -0.25) is 23.5 Å². The Kier molecular flexibility index (Phi) is 9.44. The van der Waals surface area contributed by atoms with Crippen molar-refractivity contribution in [3.8, 4) is 5.75 Å². The molecule has 1 aromatic heterocycles. The Morgan fingerprint density at radius 1 is 0.972 bits per heavy atom. The number of carbonyl (C=O) groups excluding carboxylic acids is 2. The number of rotatable bonds is 12. The van der Waals surface area contributed by atoms with Crippen LogP contribution in [-0.2, 0) is 22.7 Å². The Balaban J connectivity index is 1.73. The maximum Gasteiger partial charge on any atom is 0.331 e. The minimum Gasteiger partial charge on any atom is -0.497 e. The second kappa shape index (κ2) is 12.7. The van der Waals surface area contributed by atoms with Gasteiger partial charge < -0.3 is 15.4 Å². The van der Waals surface area contributed by atoms with Gasteiger partial charge in [-0.2, -0.15) is 0 Å². The van der Waals surface area contributed by atoms with Crippen molar-refractivity contribution in [3.05, 3.63) is 69.4 Å². The number of unbranched alkanes of at least 4 members (excludes halogenated alkanes) is 1. The van der Waals surface area contributed by atoms with Crippen LogP contribution in [0.3, 0.4) is 0 Å². The highest BCUT2D eigenvalue weighted by Crippen LogP contribution is 2.17. The molecular formula is C27H34N4O5. The number of para-hydroxylation sites is 1. The van der Waals surface area contributed by atoms with Crippen LogP contribution in [0.1, 0.15) is 39.5 Å². The number of fused-ring (bicyclic) bond motifs is 1. The van der Waals surface area contributed by atoms with E-state index < -0.39 is 17.2 Å². The van der Waals surface area contributed by atoms with E-state index in [1.165, 1.54) is 11.7 Å². The van der Waals surface area contributed by atoms with Crippen LogP contribution < -0.4 is 26.6 Å². The van der Waals surface area contributed by atoms with Gasteiger partial charge in [0.1, 0.15) is 12.3 Å². The number of nitrogens with zero attached hydrogens (tertiary/aromatic N) is 2. The van der Waals surface area contributed by atoms with Crippen LogP contribution in [-0.4, -0.2) is 34.6 Å². The smallest absolute Gasteiger partial charge is 0.331 e. The zero-order valence-corrected chi connectivity index (χ0v) is 21.1. The molecule has 0 aliphatic heterocycles. The molecule has 9 nitrogen and oxygen atoms in total.